The third-order valence-corrected chi connectivity index (χ3v) is 8.02. The molecule has 0 radical (unpaired) electrons. The molecule has 0 aromatic carbocycles. The highest BCUT2D eigenvalue weighted by molar-refractivity contribution is 7.91. The van der Waals surface area contributed by atoms with Gasteiger partial charge in [0.1, 0.15) is 4.21 Å². The van der Waals surface area contributed by atoms with Gasteiger partial charge in [0.15, 0.2) is 5.96 Å². The molecule has 6 nitrogen and oxygen atoms in total. The zero-order valence-corrected chi connectivity index (χ0v) is 16.1. The van der Waals surface area contributed by atoms with Gasteiger partial charge in [-0.05, 0) is 37.3 Å². The van der Waals surface area contributed by atoms with Crippen LogP contribution in [0, 0.1) is 5.92 Å². The highest BCUT2D eigenvalue weighted by Crippen LogP contribution is 2.26. The topological polar surface area (TPSA) is 87.8 Å². The average Bonchev–Trinajstić information content (AvgIpc) is 2.96. The number of sulfonamides is 1. The molecule has 1 fully saturated rings. The molecule has 0 atom stereocenters. The van der Waals surface area contributed by atoms with Crippen LogP contribution in [0.2, 0.25) is 0 Å². The van der Waals surface area contributed by atoms with E-state index in [4.69, 9.17) is 5.73 Å². The van der Waals surface area contributed by atoms with Crippen LogP contribution in [0.25, 0.3) is 0 Å². The molecule has 0 spiro atoms. The Morgan fingerprint density at radius 2 is 2.08 bits per heavy atom. The lowest BCUT2D eigenvalue weighted by atomic mass is 9.86. The second-order valence-corrected chi connectivity index (χ2v) is 9.34. The Morgan fingerprint density at radius 3 is 2.67 bits per heavy atom. The van der Waals surface area contributed by atoms with Crippen LogP contribution in [0.1, 0.15) is 38.0 Å². The van der Waals surface area contributed by atoms with Crippen LogP contribution in [-0.4, -0.2) is 44.9 Å². The first-order valence-electron chi connectivity index (χ1n) is 8.60. The molecule has 1 aliphatic carbocycles. The van der Waals surface area contributed by atoms with Crippen molar-refractivity contribution in [2.75, 3.05) is 26.2 Å². The first-order valence-corrected chi connectivity index (χ1v) is 10.9. The Hall–Kier alpha value is -1.12. The fraction of sp³-hybridized carbons (Fsp3) is 0.688. The number of guanidine groups is 1. The number of aliphatic imine (C=N–C) groups is 1. The molecule has 0 saturated heterocycles. The maximum absolute atomic E-state index is 12.5. The van der Waals surface area contributed by atoms with Gasteiger partial charge in [-0.2, -0.15) is 4.31 Å². The van der Waals surface area contributed by atoms with Gasteiger partial charge in [0.2, 0.25) is 0 Å². The quantitative estimate of drug-likeness (QED) is 0.513. The van der Waals surface area contributed by atoms with E-state index in [1.165, 1.54) is 34.9 Å². The smallest absolute Gasteiger partial charge is 0.252 e. The Balaban J connectivity index is 1.83. The van der Waals surface area contributed by atoms with Gasteiger partial charge in [-0.1, -0.05) is 20.3 Å². The number of thiophene rings is 1. The second kappa shape index (κ2) is 8.82. The molecule has 24 heavy (non-hydrogen) atoms. The van der Waals surface area contributed by atoms with Gasteiger partial charge in [-0.15, -0.1) is 11.3 Å². The molecule has 1 aromatic rings. The van der Waals surface area contributed by atoms with Crippen molar-refractivity contribution in [3.05, 3.63) is 17.0 Å². The van der Waals surface area contributed by atoms with Crippen LogP contribution in [-0.2, 0) is 16.4 Å². The van der Waals surface area contributed by atoms with Crippen molar-refractivity contribution in [2.45, 2.75) is 43.7 Å². The van der Waals surface area contributed by atoms with E-state index in [1.807, 2.05) is 19.9 Å². The first kappa shape index (κ1) is 19.2. The standard InChI is InChI=1S/C16H28N4O2S2/c1-3-20(4-2)24(21,22)15-9-8-14(23-15)10-11-18-16(17)19-12-13-6-5-7-13/h8-9,13H,3-7,10-12H2,1-2H3,(H3,17,18,19). The van der Waals surface area contributed by atoms with Crippen molar-refractivity contribution in [3.8, 4) is 0 Å². The van der Waals surface area contributed by atoms with Gasteiger partial charge >= 0.3 is 0 Å². The highest BCUT2D eigenvalue weighted by atomic mass is 32.2. The molecule has 1 heterocycles. The van der Waals surface area contributed by atoms with Gasteiger partial charge in [-0.25, -0.2) is 8.42 Å². The zero-order valence-electron chi connectivity index (χ0n) is 14.5. The largest absolute Gasteiger partial charge is 0.370 e. The molecule has 0 unspecified atom stereocenters. The molecule has 0 bridgehead atoms. The summed E-state index contributed by atoms with van der Waals surface area (Å²) in [5.74, 6) is 1.19. The zero-order chi connectivity index (χ0) is 17.6. The number of nitrogens with one attached hydrogen (secondary N) is 1. The summed E-state index contributed by atoms with van der Waals surface area (Å²) in [4.78, 5) is 5.38. The average molecular weight is 373 g/mol. The van der Waals surface area contributed by atoms with Crippen LogP contribution in [0.4, 0.5) is 0 Å². The molecule has 1 aromatic heterocycles. The van der Waals surface area contributed by atoms with Crippen molar-refractivity contribution in [3.63, 3.8) is 0 Å². The summed E-state index contributed by atoms with van der Waals surface area (Å²) in [5, 5.41) is 3.10. The maximum atomic E-state index is 12.5. The van der Waals surface area contributed by atoms with E-state index in [2.05, 4.69) is 10.3 Å². The van der Waals surface area contributed by atoms with Crippen LogP contribution in [0.5, 0.6) is 0 Å². The van der Waals surface area contributed by atoms with Crippen molar-refractivity contribution in [2.24, 2.45) is 16.6 Å². The lowest BCUT2D eigenvalue weighted by Crippen LogP contribution is -2.34. The van der Waals surface area contributed by atoms with Crippen LogP contribution in [0.3, 0.4) is 0 Å². The molecular weight excluding hydrogens is 344 g/mol. The lowest BCUT2D eigenvalue weighted by Gasteiger charge is -2.23. The van der Waals surface area contributed by atoms with Gasteiger partial charge in [0.25, 0.3) is 10.0 Å². The van der Waals surface area contributed by atoms with Gasteiger partial charge < -0.3 is 11.1 Å². The number of nitrogens with two attached hydrogens (primary N) is 1. The lowest BCUT2D eigenvalue weighted by molar-refractivity contribution is 0.326. The van der Waals surface area contributed by atoms with Gasteiger partial charge in [0, 0.05) is 31.1 Å². The van der Waals surface area contributed by atoms with Crippen LogP contribution < -0.4 is 11.1 Å². The molecule has 2 rings (SSSR count). The summed E-state index contributed by atoms with van der Waals surface area (Å²) in [6.45, 7) is 6.15. The SMILES string of the molecule is CCN(CC)S(=O)(=O)c1ccc(CCNC(N)=NCC2CCC2)s1. The van der Waals surface area contributed by atoms with E-state index < -0.39 is 10.0 Å². The predicted octanol–water partition coefficient (Wildman–Crippen LogP) is 2.03. The normalized spacial score (nSPS) is 16.4. The third-order valence-electron chi connectivity index (χ3n) is 4.36. The molecule has 1 aliphatic rings. The molecule has 0 amide bonds. The van der Waals surface area contributed by atoms with Crippen molar-refractivity contribution in [1.82, 2.24) is 9.62 Å². The molecular formula is C16H28N4O2S2. The molecule has 136 valence electrons. The summed E-state index contributed by atoms with van der Waals surface area (Å²) < 4.78 is 26.8. The summed E-state index contributed by atoms with van der Waals surface area (Å²) in [6, 6.07) is 3.58. The number of hydrogen-bond donors (Lipinski definition) is 2. The summed E-state index contributed by atoms with van der Waals surface area (Å²) >= 11 is 1.33. The fourth-order valence-electron chi connectivity index (χ4n) is 2.59. The van der Waals surface area contributed by atoms with Crippen molar-refractivity contribution >= 4 is 27.3 Å². The highest BCUT2D eigenvalue weighted by Gasteiger charge is 2.23. The fourth-order valence-corrected chi connectivity index (χ4v) is 5.56. The molecule has 0 aliphatic heterocycles. The minimum atomic E-state index is -3.35. The Labute approximate surface area is 149 Å². The van der Waals surface area contributed by atoms with E-state index in [1.54, 1.807) is 6.07 Å². The van der Waals surface area contributed by atoms with E-state index in [0.29, 0.717) is 35.7 Å². The van der Waals surface area contributed by atoms with Gasteiger partial charge in [0.05, 0.1) is 0 Å². The summed E-state index contributed by atoms with van der Waals surface area (Å²) in [5.41, 5.74) is 5.85. The van der Waals surface area contributed by atoms with Crippen LogP contribution in [0.15, 0.2) is 21.3 Å². The second-order valence-electron chi connectivity index (χ2n) is 6.01. The first-order chi connectivity index (χ1) is 11.5. The Kier molecular flexibility index (Phi) is 7.06. The van der Waals surface area contributed by atoms with E-state index in [9.17, 15) is 8.42 Å². The number of hydrogen-bond acceptors (Lipinski definition) is 4. The Bertz CT molecular complexity index is 647. The number of nitrogens with zero attached hydrogens (tertiary/aromatic N) is 2. The van der Waals surface area contributed by atoms with Crippen molar-refractivity contribution < 1.29 is 8.42 Å². The van der Waals surface area contributed by atoms with Crippen molar-refractivity contribution in [1.29, 1.82) is 0 Å². The molecule has 8 heteroatoms. The third kappa shape index (κ3) is 4.94. The molecule has 3 N–H and O–H groups in total. The minimum Gasteiger partial charge on any atom is -0.370 e. The predicted molar refractivity (Wildman–Crippen MR) is 100.0 cm³/mol. The maximum Gasteiger partial charge on any atom is 0.252 e. The van der Waals surface area contributed by atoms with Gasteiger partial charge in [-0.3, -0.25) is 4.99 Å². The summed E-state index contributed by atoms with van der Waals surface area (Å²) in [6.07, 6.45) is 4.56. The van der Waals surface area contributed by atoms with E-state index >= 15 is 0 Å². The van der Waals surface area contributed by atoms with Crippen LogP contribution >= 0.6 is 11.3 Å². The molecule has 1 saturated carbocycles. The minimum absolute atomic E-state index is 0.410. The van der Waals surface area contributed by atoms with E-state index in [0.717, 1.165) is 17.8 Å². The monoisotopic (exact) mass is 372 g/mol. The van der Waals surface area contributed by atoms with E-state index in [-0.39, 0.29) is 0 Å². The summed E-state index contributed by atoms with van der Waals surface area (Å²) in [7, 11) is -3.35. The Morgan fingerprint density at radius 1 is 1.38 bits per heavy atom. The number of rotatable bonds is 9.